The molecule has 3 rings (SSSR count). The highest BCUT2D eigenvalue weighted by Gasteiger charge is 2.16. The molecule has 1 aliphatic carbocycles. The molecule has 0 bridgehead atoms. The molecule has 20 heavy (non-hydrogen) atoms. The fourth-order valence-electron chi connectivity index (χ4n) is 2.81. The van der Waals surface area contributed by atoms with E-state index in [1.807, 2.05) is 12.1 Å². The van der Waals surface area contributed by atoms with Crippen molar-refractivity contribution in [2.75, 3.05) is 12.3 Å². The Morgan fingerprint density at radius 2 is 2.15 bits per heavy atom. The Hall–Kier alpha value is -2.03. The first-order chi connectivity index (χ1) is 9.79. The van der Waals surface area contributed by atoms with Gasteiger partial charge < -0.3 is 10.5 Å². The highest BCUT2D eigenvalue weighted by Crippen LogP contribution is 2.35. The minimum Gasteiger partial charge on any atom is -0.478 e. The van der Waals surface area contributed by atoms with Gasteiger partial charge in [0, 0.05) is 23.5 Å². The molecule has 1 heterocycles. The number of benzene rings is 1. The number of aryl methyl sites for hydroxylation is 1. The van der Waals surface area contributed by atoms with Crippen LogP contribution in [0.2, 0.25) is 0 Å². The molecule has 0 spiro atoms. The van der Waals surface area contributed by atoms with Crippen molar-refractivity contribution in [3.63, 3.8) is 0 Å². The second-order valence-corrected chi connectivity index (χ2v) is 5.25. The molecule has 0 saturated heterocycles. The lowest BCUT2D eigenvalue weighted by molar-refractivity contribution is 0.305. The summed E-state index contributed by atoms with van der Waals surface area (Å²) in [5.74, 6) is 0.671. The molecule has 2 N–H and O–H groups in total. The first-order valence-corrected chi connectivity index (χ1v) is 7.29. The van der Waals surface area contributed by atoms with Gasteiger partial charge in [-0.1, -0.05) is 19.1 Å². The van der Waals surface area contributed by atoms with Crippen molar-refractivity contribution < 1.29 is 4.74 Å². The number of pyridine rings is 1. The van der Waals surface area contributed by atoms with E-state index in [4.69, 9.17) is 10.5 Å². The van der Waals surface area contributed by atoms with Crippen molar-refractivity contribution in [1.82, 2.24) is 4.98 Å². The second-order valence-electron chi connectivity index (χ2n) is 5.25. The first-order valence-electron chi connectivity index (χ1n) is 7.29. The number of fused-ring (bicyclic) bond motifs is 1. The summed E-state index contributed by atoms with van der Waals surface area (Å²) >= 11 is 0. The van der Waals surface area contributed by atoms with Crippen LogP contribution < -0.4 is 10.5 Å². The summed E-state index contributed by atoms with van der Waals surface area (Å²) in [4.78, 5) is 4.24. The topological polar surface area (TPSA) is 48.1 Å². The average molecular weight is 268 g/mol. The van der Waals surface area contributed by atoms with Crippen LogP contribution in [0, 0.1) is 0 Å². The van der Waals surface area contributed by atoms with Crippen molar-refractivity contribution in [3.05, 3.63) is 41.6 Å². The maximum Gasteiger partial charge on any atom is 0.213 e. The van der Waals surface area contributed by atoms with Crippen LogP contribution in [-0.4, -0.2) is 11.6 Å². The van der Waals surface area contributed by atoms with Crippen LogP contribution in [-0.2, 0) is 12.8 Å². The van der Waals surface area contributed by atoms with Gasteiger partial charge in [-0.15, -0.1) is 0 Å². The highest BCUT2D eigenvalue weighted by molar-refractivity contribution is 5.80. The van der Waals surface area contributed by atoms with Crippen molar-refractivity contribution in [3.8, 4) is 17.0 Å². The quantitative estimate of drug-likeness (QED) is 0.862. The molecule has 104 valence electrons. The summed E-state index contributed by atoms with van der Waals surface area (Å²) in [5, 5.41) is 0. The number of aromatic nitrogens is 1. The number of anilines is 1. The minimum absolute atomic E-state index is 0.671. The van der Waals surface area contributed by atoms with Crippen LogP contribution in [0.5, 0.6) is 5.88 Å². The molecule has 0 radical (unpaired) electrons. The minimum atomic E-state index is 0.671. The summed E-state index contributed by atoms with van der Waals surface area (Å²) in [7, 11) is 0. The zero-order valence-corrected chi connectivity index (χ0v) is 11.9. The third-order valence-electron chi connectivity index (χ3n) is 3.83. The van der Waals surface area contributed by atoms with E-state index in [0.717, 1.165) is 36.1 Å². The van der Waals surface area contributed by atoms with Gasteiger partial charge in [-0.25, -0.2) is 4.98 Å². The predicted molar refractivity (Wildman–Crippen MR) is 81.9 cm³/mol. The number of nitrogens with zero attached hydrogens (tertiary/aromatic N) is 1. The Labute approximate surface area is 119 Å². The zero-order valence-electron chi connectivity index (χ0n) is 11.9. The Morgan fingerprint density at radius 3 is 3.00 bits per heavy atom. The molecule has 3 nitrogen and oxygen atoms in total. The number of ether oxygens (including phenoxy) is 1. The van der Waals surface area contributed by atoms with Gasteiger partial charge in [0.05, 0.1) is 6.61 Å². The van der Waals surface area contributed by atoms with Gasteiger partial charge in [-0.2, -0.15) is 0 Å². The molecule has 1 aliphatic rings. The molecule has 0 atom stereocenters. The summed E-state index contributed by atoms with van der Waals surface area (Å²) in [6.45, 7) is 2.78. The van der Waals surface area contributed by atoms with Crippen LogP contribution in [0.1, 0.15) is 30.9 Å². The normalized spacial score (nSPS) is 13.2. The summed E-state index contributed by atoms with van der Waals surface area (Å²) in [6, 6.07) is 8.30. The first kappa shape index (κ1) is 13.0. The number of rotatable bonds is 4. The summed E-state index contributed by atoms with van der Waals surface area (Å²) in [6.07, 6.45) is 6.23. The standard InChI is InChI=1S/C17H20N2O/c1-2-10-20-16-11-13(8-9-19-16)15-7-6-12-4-3-5-14(12)17(15)18/h6-9,11H,2-5,10,18H2,1H3. The average Bonchev–Trinajstić information content (AvgIpc) is 2.95. The lowest BCUT2D eigenvalue weighted by Gasteiger charge is -2.12. The molecular formula is C17H20N2O. The van der Waals surface area contributed by atoms with Gasteiger partial charge in [0.1, 0.15) is 0 Å². The molecule has 1 aromatic heterocycles. The smallest absolute Gasteiger partial charge is 0.213 e. The van der Waals surface area contributed by atoms with Crippen LogP contribution >= 0.6 is 0 Å². The van der Waals surface area contributed by atoms with E-state index < -0.39 is 0 Å². The monoisotopic (exact) mass is 268 g/mol. The second kappa shape index (κ2) is 5.53. The zero-order chi connectivity index (χ0) is 13.9. The van der Waals surface area contributed by atoms with Gasteiger partial charge in [-0.05, 0) is 48.4 Å². The van der Waals surface area contributed by atoms with Crippen molar-refractivity contribution in [1.29, 1.82) is 0 Å². The molecule has 0 aliphatic heterocycles. The van der Waals surface area contributed by atoms with E-state index in [1.165, 1.54) is 17.5 Å². The lowest BCUT2D eigenvalue weighted by atomic mass is 9.98. The number of hydrogen-bond acceptors (Lipinski definition) is 3. The van der Waals surface area contributed by atoms with E-state index in [-0.39, 0.29) is 0 Å². The molecule has 0 unspecified atom stereocenters. The summed E-state index contributed by atoms with van der Waals surface area (Å²) in [5.41, 5.74) is 12.2. The third kappa shape index (κ3) is 2.36. The molecule has 1 aromatic carbocycles. The highest BCUT2D eigenvalue weighted by atomic mass is 16.5. The van der Waals surface area contributed by atoms with E-state index >= 15 is 0 Å². The number of hydrogen-bond donors (Lipinski definition) is 1. The van der Waals surface area contributed by atoms with Gasteiger partial charge in [0.25, 0.3) is 0 Å². The molecule has 0 amide bonds. The Balaban J connectivity index is 1.97. The number of nitrogens with two attached hydrogens (primary N) is 1. The fourth-order valence-corrected chi connectivity index (χ4v) is 2.81. The van der Waals surface area contributed by atoms with Gasteiger partial charge in [0.15, 0.2) is 0 Å². The van der Waals surface area contributed by atoms with Crippen molar-refractivity contribution in [2.45, 2.75) is 32.6 Å². The lowest BCUT2D eigenvalue weighted by Crippen LogP contribution is -1.99. The van der Waals surface area contributed by atoms with E-state index in [1.54, 1.807) is 6.20 Å². The molecular weight excluding hydrogens is 248 g/mol. The molecule has 3 heteroatoms. The SMILES string of the molecule is CCCOc1cc(-c2ccc3c(c2N)CCC3)ccn1. The van der Waals surface area contributed by atoms with E-state index in [9.17, 15) is 0 Å². The molecule has 0 saturated carbocycles. The fraction of sp³-hybridized carbons (Fsp3) is 0.353. The van der Waals surface area contributed by atoms with Crippen LogP contribution in [0.15, 0.2) is 30.5 Å². The molecule has 2 aromatic rings. The number of nitrogen functional groups attached to an aromatic ring is 1. The summed E-state index contributed by atoms with van der Waals surface area (Å²) < 4.78 is 5.60. The van der Waals surface area contributed by atoms with Crippen LogP contribution in [0.25, 0.3) is 11.1 Å². The van der Waals surface area contributed by atoms with Crippen LogP contribution in [0.3, 0.4) is 0 Å². The van der Waals surface area contributed by atoms with E-state index in [0.29, 0.717) is 12.5 Å². The van der Waals surface area contributed by atoms with Gasteiger partial charge >= 0.3 is 0 Å². The van der Waals surface area contributed by atoms with Gasteiger partial charge in [-0.3, -0.25) is 0 Å². The van der Waals surface area contributed by atoms with Crippen LogP contribution in [0.4, 0.5) is 5.69 Å². The molecule has 0 fully saturated rings. The van der Waals surface area contributed by atoms with Gasteiger partial charge in [0.2, 0.25) is 5.88 Å². The van der Waals surface area contributed by atoms with E-state index in [2.05, 4.69) is 24.0 Å². The Kier molecular flexibility index (Phi) is 3.59. The largest absolute Gasteiger partial charge is 0.478 e. The van der Waals surface area contributed by atoms with Crippen molar-refractivity contribution in [2.24, 2.45) is 0 Å². The maximum atomic E-state index is 6.36. The third-order valence-corrected chi connectivity index (χ3v) is 3.83. The predicted octanol–water partition coefficient (Wildman–Crippen LogP) is 3.61. The Morgan fingerprint density at radius 1 is 1.25 bits per heavy atom. The Bertz CT molecular complexity index is 622. The van der Waals surface area contributed by atoms with Crippen molar-refractivity contribution >= 4 is 5.69 Å². The maximum absolute atomic E-state index is 6.36.